The molecule has 1 aromatic heterocycles. The van der Waals surface area contributed by atoms with E-state index >= 15 is 0 Å². The topological polar surface area (TPSA) is 81.9 Å². The normalized spacial score (nSPS) is 10.8. The summed E-state index contributed by atoms with van der Waals surface area (Å²) in [6, 6.07) is 1.44. The first kappa shape index (κ1) is 14.5. The number of benzene rings is 1. The molecular formula is C13H17ClFN5. The number of aryl methyl sites for hydroxylation is 2. The minimum atomic E-state index is -0.633. The lowest BCUT2D eigenvalue weighted by molar-refractivity contribution is 0.631. The van der Waals surface area contributed by atoms with Crippen LogP contribution in [-0.2, 0) is 20.0 Å². The number of nitrogens with two attached hydrogens (primary N) is 2. The van der Waals surface area contributed by atoms with Gasteiger partial charge < -0.3 is 16.8 Å². The smallest absolute Gasteiger partial charge is 0.169 e. The van der Waals surface area contributed by atoms with Crippen molar-refractivity contribution in [3.05, 3.63) is 34.4 Å². The molecule has 0 saturated carbocycles. The maximum atomic E-state index is 14.0. The van der Waals surface area contributed by atoms with Crippen LogP contribution in [0.2, 0.25) is 5.02 Å². The largest absolute Gasteiger partial charge is 0.397 e. The first-order valence-corrected chi connectivity index (χ1v) is 6.60. The Balaban J connectivity index is 2.25. The SMILES string of the molecule is CCc1nn(C)cc1CNc1c(N)cc(N)c(Cl)c1F. The molecule has 0 spiro atoms. The van der Waals surface area contributed by atoms with E-state index in [1.165, 1.54) is 6.07 Å². The lowest BCUT2D eigenvalue weighted by Crippen LogP contribution is -2.07. The fourth-order valence-electron chi connectivity index (χ4n) is 2.06. The molecule has 7 heteroatoms. The predicted octanol–water partition coefficient (Wildman–Crippen LogP) is 2.55. The Morgan fingerprint density at radius 3 is 2.75 bits per heavy atom. The maximum absolute atomic E-state index is 14.0. The zero-order valence-electron chi connectivity index (χ0n) is 11.4. The molecule has 20 heavy (non-hydrogen) atoms. The van der Waals surface area contributed by atoms with E-state index in [9.17, 15) is 4.39 Å². The molecule has 0 fully saturated rings. The Morgan fingerprint density at radius 1 is 1.40 bits per heavy atom. The van der Waals surface area contributed by atoms with Gasteiger partial charge in [0.1, 0.15) is 5.02 Å². The van der Waals surface area contributed by atoms with Crippen molar-refractivity contribution in [1.29, 1.82) is 0 Å². The van der Waals surface area contributed by atoms with E-state index in [0.717, 1.165) is 17.7 Å². The minimum Gasteiger partial charge on any atom is -0.397 e. The number of nitrogens with one attached hydrogen (secondary N) is 1. The van der Waals surface area contributed by atoms with E-state index in [0.29, 0.717) is 6.54 Å². The van der Waals surface area contributed by atoms with E-state index in [4.69, 9.17) is 23.1 Å². The third-order valence-corrected chi connectivity index (χ3v) is 3.43. The fourth-order valence-corrected chi connectivity index (χ4v) is 2.21. The summed E-state index contributed by atoms with van der Waals surface area (Å²) in [5, 5.41) is 7.16. The highest BCUT2D eigenvalue weighted by Crippen LogP contribution is 2.33. The Labute approximate surface area is 121 Å². The standard InChI is InChI=1S/C13H17ClFN5/c1-3-10-7(6-20(2)19-10)5-18-13-9(17)4-8(16)11(14)12(13)15/h4,6,18H,3,5,16-17H2,1-2H3. The van der Waals surface area contributed by atoms with Crippen molar-refractivity contribution >= 4 is 28.7 Å². The summed E-state index contributed by atoms with van der Waals surface area (Å²) in [7, 11) is 1.84. The molecule has 5 nitrogen and oxygen atoms in total. The molecule has 2 rings (SSSR count). The molecule has 108 valence electrons. The highest BCUT2D eigenvalue weighted by atomic mass is 35.5. The van der Waals surface area contributed by atoms with Crippen molar-refractivity contribution in [2.45, 2.75) is 19.9 Å². The zero-order valence-corrected chi connectivity index (χ0v) is 12.1. The van der Waals surface area contributed by atoms with Crippen LogP contribution in [0.25, 0.3) is 0 Å². The molecule has 0 radical (unpaired) electrons. The number of hydrogen-bond acceptors (Lipinski definition) is 4. The lowest BCUT2D eigenvalue weighted by Gasteiger charge is -2.12. The lowest BCUT2D eigenvalue weighted by atomic mass is 10.2. The first-order valence-electron chi connectivity index (χ1n) is 6.22. The quantitative estimate of drug-likeness (QED) is 0.758. The molecule has 0 saturated heterocycles. The molecule has 5 N–H and O–H groups in total. The van der Waals surface area contributed by atoms with Gasteiger partial charge in [0.15, 0.2) is 5.82 Å². The molecule has 0 bridgehead atoms. The van der Waals surface area contributed by atoms with Gasteiger partial charge in [-0.05, 0) is 12.5 Å². The predicted molar refractivity (Wildman–Crippen MR) is 80.1 cm³/mol. The van der Waals surface area contributed by atoms with Crippen LogP contribution in [0.5, 0.6) is 0 Å². The molecule has 2 aromatic rings. The van der Waals surface area contributed by atoms with Crippen LogP contribution in [0.15, 0.2) is 12.3 Å². The molecule has 1 heterocycles. The van der Waals surface area contributed by atoms with E-state index in [-0.39, 0.29) is 22.1 Å². The second kappa shape index (κ2) is 5.58. The maximum Gasteiger partial charge on any atom is 0.169 e. The van der Waals surface area contributed by atoms with Gasteiger partial charge in [0.05, 0.1) is 22.8 Å². The van der Waals surface area contributed by atoms with Crippen LogP contribution < -0.4 is 16.8 Å². The van der Waals surface area contributed by atoms with Crippen molar-refractivity contribution in [2.75, 3.05) is 16.8 Å². The summed E-state index contributed by atoms with van der Waals surface area (Å²) in [5.74, 6) is -0.633. The van der Waals surface area contributed by atoms with Gasteiger partial charge in [-0.25, -0.2) is 4.39 Å². The van der Waals surface area contributed by atoms with Gasteiger partial charge in [0, 0.05) is 25.4 Å². The van der Waals surface area contributed by atoms with Crippen LogP contribution >= 0.6 is 11.6 Å². The summed E-state index contributed by atoms with van der Waals surface area (Å²) >= 11 is 5.79. The van der Waals surface area contributed by atoms with Gasteiger partial charge >= 0.3 is 0 Å². The number of hydrogen-bond donors (Lipinski definition) is 3. The number of nitrogen functional groups attached to an aromatic ring is 2. The zero-order chi connectivity index (χ0) is 14.9. The van der Waals surface area contributed by atoms with Crippen molar-refractivity contribution in [1.82, 2.24) is 9.78 Å². The molecule has 0 aliphatic carbocycles. The Bertz CT molecular complexity index is 638. The summed E-state index contributed by atoms with van der Waals surface area (Å²) in [6.45, 7) is 2.43. The molecule has 0 atom stereocenters. The van der Waals surface area contributed by atoms with Crippen LogP contribution in [0.1, 0.15) is 18.2 Å². The number of anilines is 3. The summed E-state index contributed by atoms with van der Waals surface area (Å²) in [6.07, 6.45) is 2.69. The van der Waals surface area contributed by atoms with Crippen molar-refractivity contribution < 1.29 is 4.39 Å². The fraction of sp³-hybridized carbons (Fsp3) is 0.308. The summed E-state index contributed by atoms with van der Waals surface area (Å²) in [4.78, 5) is 0. The molecule has 0 unspecified atom stereocenters. The number of aromatic nitrogens is 2. The van der Waals surface area contributed by atoms with E-state index in [1.54, 1.807) is 4.68 Å². The van der Waals surface area contributed by atoms with Crippen molar-refractivity contribution in [3.63, 3.8) is 0 Å². The number of halogens is 2. The highest BCUT2D eigenvalue weighted by molar-refractivity contribution is 6.33. The van der Waals surface area contributed by atoms with Crippen molar-refractivity contribution in [3.8, 4) is 0 Å². The highest BCUT2D eigenvalue weighted by Gasteiger charge is 2.15. The Morgan fingerprint density at radius 2 is 2.10 bits per heavy atom. The monoisotopic (exact) mass is 297 g/mol. The van der Waals surface area contributed by atoms with E-state index in [2.05, 4.69) is 10.4 Å². The first-order chi connectivity index (χ1) is 9.43. The van der Waals surface area contributed by atoms with E-state index < -0.39 is 5.82 Å². The van der Waals surface area contributed by atoms with Gasteiger partial charge in [-0.15, -0.1) is 0 Å². The minimum absolute atomic E-state index is 0.122. The second-order valence-corrected chi connectivity index (χ2v) is 4.92. The summed E-state index contributed by atoms with van der Waals surface area (Å²) in [5.41, 5.74) is 13.8. The van der Waals surface area contributed by atoms with Crippen LogP contribution in [-0.4, -0.2) is 9.78 Å². The molecular weight excluding hydrogens is 281 g/mol. The Hall–Kier alpha value is -1.95. The molecule has 0 amide bonds. The van der Waals surface area contributed by atoms with Gasteiger partial charge in [0.25, 0.3) is 0 Å². The third kappa shape index (κ3) is 2.65. The van der Waals surface area contributed by atoms with Crippen molar-refractivity contribution in [2.24, 2.45) is 7.05 Å². The van der Waals surface area contributed by atoms with E-state index in [1.807, 2.05) is 20.2 Å². The molecule has 0 aliphatic heterocycles. The average molecular weight is 298 g/mol. The van der Waals surface area contributed by atoms with Crippen LogP contribution in [0.3, 0.4) is 0 Å². The van der Waals surface area contributed by atoms with Crippen LogP contribution in [0.4, 0.5) is 21.5 Å². The summed E-state index contributed by atoms with van der Waals surface area (Å²) < 4.78 is 15.8. The molecule has 1 aromatic carbocycles. The molecule has 0 aliphatic rings. The Kier molecular flexibility index (Phi) is 4.04. The van der Waals surface area contributed by atoms with Gasteiger partial charge in [-0.1, -0.05) is 18.5 Å². The second-order valence-electron chi connectivity index (χ2n) is 4.54. The van der Waals surface area contributed by atoms with Gasteiger partial charge in [-0.3, -0.25) is 4.68 Å². The van der Waals surface area contributed by atoms with Gasteiger partial charge in [-0.2, -0.15) is 5.10 Å². The third-order valence-electron chi connectivity index (χ3n) is 3.05. The number of rotatable bonds is 4. The number of nitrogens with zero attached hydrogens (tertiary/aromatic N) is 2. The average Bonchev–Trinajstić information content (AvgIpc) is 2.76. The van der Waals surface area contributed by atoms with Crippen LogP contribution in [0, 0.1) is 5.82 Å². The van der Waals surface area contributed by atoms with Gasteiger partial charge in [0.2, 0.25) is 0 Å².